The zero-order valence-electron chi connectivity index (χ0n) is 11.8. The molecule has 1 aromatic heterocycles. The maximum atomic E-state index is 11.6. The van der Waals surface area contributed by atoms with Gasteiger partial charge in [0, 0.05) is 31.4 Å². The smallest absolute Gasteiger partial charge is 0.223 e. The summed E-state index contributed by atoms with van der Waals surface area (Å²) in [6.07, 6.45) is 4.04. The molecule has 2 heterocycles. The fourth-order valence-electron chi connectivity index (χ4n) is 2.42. The maximum Gasteiger partial charge on any atom is 0.223 e. The normalized spacial score (nSPS) is 16.4. The zero-order valence-corrected chi connectivity index (χ0v) is 11.8. The summed E-state index contributed by atoms with van der Waals surface area (Å²) in [6.45, 7) is 4.66. The molecule has 1 N–H and O–H groups in total. The van der Waals surface area contributed by atoms with Crippen molar-refractivity contribution < 1.29 is 5.11 Å². The molecule has 1 aliphatic rings. The Morgan fingerprint density at radius 3 is 2.63 bits per heavy atom. The van der Waals surface area contributed by atoms with E-state index >= 15 is 0 Å². The van der Waals surface area contributed by atoms with Crippen molar-refractivity contribution in [2.24, 2.45) is 0 Å². The minimum absolute atomic E-state index is 0.163. The van der Waals surface area contributed by atoms with E-state index in [9.17, 15) is 9.90 Å². The van der Waals surface area contributed by atoms with Gasteiger partial charge in [0.25, 0.3) is 0 Å². The summed E-state index contributed by atoms with van der Waals surface area (Å²) in [5, 5.41) is 9.59. The van der Waals surface area contributed by atoms with Crippen molar-refractivity contribution in [2.45, 2.75) is 25.9 Å². The molecule has 1 aliphatic heterocycles. The van der Waals surface area contributed by atoms with Crippen molar-refractivity contribution in [3.8, 4) is 5.75 Å². The Labute approximate surface area is 114 Å². The van der Waals surface area contributed by atoms with E-state index in [1.807, 2.05) is 18.7 Å². The van der Waals surface area contributed by atoms with Crippen molar-refractivity contribution in [1.82, 2.24) is 14.4 Å². The lowest BCUT2D eigenvalue weighted by atomic mass is 10.3. The molecule has 0 spiro atoms. The molecule has 0 radical (unpaired) electrons. The van der Waals surface area contributed by atoms with Gasteiger partial charge in [-0.1, -0.05) is 0 Å². The highest BCUT2D eigenvalue weighted by Gasteiger charge is 2.14. The van der Waals surface area contributed by atoms with Crippen LogP contribution in [0.5, 0.6) is 5.75 Å². The number of rotatable bonds is 5. The fraction of sp³-hybridized carbons (Fsp3) is 0.643. The molecule has 0 bridgehead atoms. The number of nitrogens with zero attached hydrogens (tertiary/aromatic N) is 3. The van der Waals surface area contributed by atoms with E-state index < -0.39 is 0 Å². The Morgan fingerprint density at radius 2 is 2.00 bits per heavy atom. The van der Waals surface area contributed by atoms with Gasteiger partial charge in [-0.2, -0.15) is 0 Å². The number of aromatic hydroxyl groups is 1. The summed E-state index contributed by atoms with van der Waals surface area (Å²) in [5.41, 5.74) is 0.710. The average molecular weight is 265 g/mol. The minimum atomic E-state index is -0.282. The number of likely N-dealkylation sites (N-methyl/N-ethyl adjacent to an activating group) is 1. The standard InChI is InChI=1S/C14H23N3O2/c1-15(2)7-8-17-11-14(19)13(18)9-12(17)10-16-5-3-4-6-16/h9,11,19H,3-8,10H2,1-2H3. The lowest BCUT2D eigenvalue weighted by Gasteiger charge is -2.20. The highest BCUT2D eigenvalue weighted by Crippen LogP contribution is 2.13. The monoisotopic (exact) mass is 265 g/mol. The van der Waals surface area contributed by atoms with E-state index in [1.54, 1.807) is 12.3 Å². The van der Waals surface area contributed by atoms with E-state index in [0.29, 0.717) is 0 Å². The predicted molar refractivity (Wildman–Crippen MR) is 75.4 cm³/mol. The van der Waals surface area contributed by atoms with Crippen molar-refractivity contribution in [3.05, 3.63) is 28.2 Å². The highest BCUT2D eigenvalue weighted by atomic mass is 16.3. The van der Waals surface area contributed by atoms with E-state index in [-0.39, 0.29) is 11.2 Å². The molecule has 0 aromatic carbocycles. The molecule has 0 aliphatic carbocycles. The van der Waals surface area contributed by atoms with Gasteiger partial charge in [0.1, 0.15) is 0 Å². The van der Waals surface area contributed by atoms with Crippen molar-refractivity contribution in [2.75, 3.05) is 33.7 Å². The summed E-state index contributed by atoms with van der Waals surface area (Å²) >= 11 is 0. The van der Waals surface area contributed by atoms with Crippen LogP contribution in [0.25, 0.3) is 0 Å². The molecule has 1 fully saturated rings. The van der Waals surface area contributed by atoms with E-state index in [4.69, 9.17) is 0 Å². The van der Waals surface area contributed by atoms with E-state index in [0.717, 1.165) is 38.4 Å². The SMILES string of the molecule is CN(C)CCn1cc(O)c(=O)cc1CN1CCCC1. The predicted octanol–water partition coefficient (Wildman–Crippen LogP) is 0.711. The van der Waals surface area contributed by atoms with Crippen LogP contribution in [0.2, 0.25) is 0 Å². The van der Waals surface area contributed by atoms with E-state index in [1.165, 1.54) is 12.8 Å². The molecule has 2 rings (SSSR count). The number of pyridine rings is 1. The molecule has 0 unspecified atom stereocenters. The van der Waals surface area contributed by atoms with Gasteiger partial charge in [-0.05, 0) is 40.0 Å². The maximum absolute atomic E-state index is 11.6. The van der Waals surface area contributed by atoms with Crippen molar-refractivity contribution in [1.29, 1.82) is 0 Å². The Morgan fingerprint density at radius 1 is 1.32 bits per heavy atom. The van der Waals surface area contributed by atoms with Crippen LogP contribution < -0.4 is 5.43 Å². The average Bonchev–Trinajstić information content (AvgIpc) is 2.84. The Balaban J connectivity index is 2.17. The highest BCUT2D eigenvalue weighted by molar-refractivity contribution is 5.20. The van der Waals surface area contributed by atoms with Crippen LogP contribution in [0.4, 0.5) is 0 Å². The molecule has 19 heavy (non-hydrogen) atoms. The van der Waals surface area contributed by atoms with Crippen LogP contribution in [0.1, 0.15) is 18.5 Å². The van der Waals surface area contributed by atoms with Crippen LogP contribution in [-0.2, 0) is 13.1 Å². The Hall–Kier alpha value is -1.33. The fourth-order valence-corrected chi connectivity index (χ4v) is 2.42. The van der Waals surface area contributed by atoms with Gasteiger partial charge < -0.3 is 14.6 Å². The number of likely N-dealkylation sites (tertiary alicyclic amines) is 1. The van der Waals surface area contributed by atoms with Crippen LogP contribution in [0, 0.1) is 0 Å². The molecule has 106 valence electrons. The van der Waals surface area contributed by atoms with Crippen molar-refractivity contribution in [3.63, 3.8) is 0 Å². The number of aromatic nitrogens is 1. The topological polar surface area (TPSA) is 48.7 Å². The number of hydrogen-bond donors (Lipinski definition) is 1. The van der Waals surface area contributed by atoms with Crippen LogP contribution in [0.15, 0.2) is 17.1 Å². The third-order valence-electron chi connectivity index (χ3n) is 3.57. The Bertz CT molecular complexity index is 476. The van der Waals surface area contributed by atoms with Gasteiger partial charge >= 0.3 is 0 Å². The number of hydrogen-bond acceptors (Lipinski definition) is 4. The van der Waals surface area contributed by atoms with Gasteiger partial charge in [0.15, 0.2) is 5.75 Å². The molecule has 0 saturated carbocycles. The third-order valence-corrected chi connectivity index (χ3v) is 3.57. The first-order valence-corrected chi connectivity index (χ1v) is 6.85. The second-order valence-electron chi connectivity index (χ2n) is 5.49. The largest absolute Gasteiger partial charge is 0.503 e. The summed E-state index contributed by atoms with van der Waals surface area (Å²) in [7, 11) is 4.03. The summed E-state index contributed by atoms with van der Waals surface area (Å²) in [5.74, 6) is -0.163. The molecule has 0 amide bonds. The summed E-state index contributed by atoms with van der Waals surface area (Å²) in [6, 6.07) is 1.57. The summed E-state index contributed by atoms with van der Waals surface area (Å²) < 4.78 is 2.00. The minimum Gasteiger partial charge on any atom is -0.503 e. The molecule has 5 heteroatoms. The molecular formula is C14H23N3O2. The van der Waals surface area contributed by atoms with Gasteiger partial charge in [0.2, 0.25) is 5.43 Å². The molecule has 0 atom stereocenters. The Kier molecular flexibility index (Phi) is 4.61. The first-order chi connectivity index (χ1) is 9.06. The van der Waals surface area contributed by atoms with Gasteiger partial charge in [-0.25, -0.2) is 0 Å². The lowest BCUT2D eigenvalue weighted by Crippen LogP contribution is -2.26. The second kappa shape index (κ2) is 6.21. The third kappa shape index (κ3) is 3.81. The quantitative estimate of drug-likeness (QED) is 0.852. The first kappa shape index (κ1) is 14.1. The molecule has 1 saturated heterocycles. The summed E-state index contributed by atoms with van der Waals surface area (Å²) in [4.78, 5) is 16.1. The van der Waals surface area contributed by atoms with Crippen LogP contribution in [0.3, 0.4) is 0 Å². The first-order valence-electron chi connectivity index (χ1n) is 6.85. The van der Waals surface area contributed by atoms with E-state index in [2.05, 4.69) is 9.80 Å². The van der Waals surface area contributed by atoms with Crippen molar-refractivity contribution >= 4 is 0 Å². The zero-order chi connectivity index (χ0) is 13.8. The molecule has 1 aromatic rings. The molecular weight excluding hydrogens is 242 g/mol. The van der Waals surface area contributed by atoms with Gasteiger partial charge in [-0.3, -0.25) is 9.69 Å². The molecule has 5 nitrogen and oxygen atoms in total. The lowest BCUT2D eigenvalue weighted by molar-refractivity contribution is 0.312. The van der Waals surface area contributed by atoms with Crippen LogP contribution in [-0.4, -0.2) is 53.2 Å². The van der Waals surface area contributed by atoms with Gasteiger partial charge in [-0.15, -0.1) is 0 Å². The van der Waals surface area contributed by atoms with Crippen LogP contribution >= 0.6 is 0 Å². The van der Waals surface area contributed by atoms with Gasteiger partial charge in [0.05, 0.1) is 6.20 Å². The second-order valence-corrected chi connectivity index (χ2v) is 5.49.